The van der Waals surface area contributed by atoms with Gasteiger partial charge in [0.25, 0.3) is 0 Å². The molecule has 2 atom stereocenters. The minimum absolute atomic E-state index is 0.0313. The Bertz CT molecular complexity index is 544. The van der Waals surface area contributed by atoms with Gasteiger partial charge in [-0.1, -0.05) is 27.7 Å². The zero-order chi connectivity index (χ0) is 16.3. The van der Waals surface area contributed by atoms with Crippen LogP contribution in [0.3, 0.4) is 0 Å². The Balaban J connectivity index is 2.88. The van der Waals surface area contributed by atoms with E-state index >= 15 is 0 Å². The van der Waals surface area contributed by atoms with Crippen LogP contribution in [-0.4, -0.2) is 37.5 Å². The monoisotopic (exact) mass is 332 g/mol. The topological polar surface area (TPSA) is 59.1 Å². The van der Waals surface area contributed by atoms with E-state index in [1.165, 1.54) is 6.26 Å². The molecule has 0 aliphatic heterocycles. The number of hydrogen-bond acceptors (Lipinski definition) is 5. The van der Waals surface area contributed by atoms with Crippen LogP contribution in [0.4, 0.5) is 0 Å². The molecule has 21 heavy (non-hydrogen) atoms. The number of sulfone groups is 1. The Labute approximate surface area is 133 Å². The van der Waals surface area contributed by atoms with Crippen molar-refractivity contribution in [1.29, 1.82) is 0 Å². The van der Waals surface area contributed by atoms with E-state index in [4.69, 9.17) is 0 Å². The SMILES string of the molecule is CCCNC(Cc1nc(C(C)(C)C)cs1)C(C)S(C)(=O)=O. The zero-order valence-electron chi connectivity index (χ0n) is 13.9. The Morgan fingerprint density at radius 1 is 1.38 bits per heavy atom. The van der Waals surface area contributed by atoms with Gasteiger partial charge in [-0.15, -0.1) is 11.3 Å². The van der Waals surface area contributed by atoms with Gasteiger partial charge in [-0.3, -0.25) is 0 Å². The molecule has 4 nitrogen and oxygen atoms in total. The van der Waals surface area contributed by atoms with Crippen molar-refractivity contribution in [3.63, 3.8) is 0 Å². The summed E-state index contributed by atoms with van der Waals surface area (Å²) in [5.74, 6) is 0. The van der Waals surface area contributed by atoms with Crippen molar-refractivity contribution in [3.05, 3.63) is 16.1 Å². The van der Waals surface area contributed by atoms with Crippen LogP contribution >= 0.6 is 11.3 Å². The minimum atomic E-state index is -3.06. The quantitative estimate of drug-likeness (QED) is 0.834. The second kappa shape index (κ2) is 7.20. The van der Waals surface area contributed by atoms with Crippen LogP contribution in [0.2, 0.25) is 0 Å². The third kappa shape index (κ3) is 5.68. The summed E-state index contributed by atoms with van der Waals surface area (Å²) in [6, 6.07) is -0.0843. The van der Waals surface area contributed by atoms with E-state index in [0.717, 1.165) is 23.7 Å². The van der Waals surface area contributed by atoms with E-state index in [2.05, 4.69) is 43.4 Å². The fraction of sp³-hybridized carbons (Fsp3) is 0.800. The van der Waals surface area contributed by atoms with E-state index < -0.39 is 15.1 Å². The molecule has 2 unspecified atom stereocenters. The summed E-state index contributed by atoms with van der Waals surface area (Å²) in [6.45, 7) is 11.1. The molecule has 0 aliphatic carbocycles. The van der Waals surface area contributed by atoms with Gasteiger partial charge in [-0.2, -0.15) is 0 Å². The number of nitrogens with one attached hydrogen (secondary N) is 1. The van der Waals surface area contributed by atoms with Gasteiger partial charge in [0.1, 0.15) is 0 Å². The average molecular weight is 333 g/mol. The molecular weight excluding hydrogens is 304 g/mol. The first-order valence-corrected chi connectivity index (χ1v) is 10.3. The van der Waals surface area contributed by atoms with E-state index in [-0.39, 0.29) is 11.5 Å². The molecular formula is C15H28N2O2S2. The van der Waals surface area contributed by atoms with Crippen molar-refractivity contribution in [2.75, 3.05) is 12.8 Å². The van der Waals surface area contributed by atoms with E-state index in [9.17, 15) is 8.42 Å². The van der Waals surface area contributed by atoms with Crippen molar-refractivity contribution in [1.82, 2.24) is 10.3 Å². The molecule has 0 aliphatic rings. The maximum absolute atomic E-state index is 11.8. The van der Waals surface area contributed by atoms with Crippen molar-refractivity contribution in [3.8, 4) is 0 Å². The number of hydrogen-bond donors (Lipinski definition) is 1. The average Bonchev–Trinajstić information content (AvgIpc) is 2.80. The number of thiazole rings is 1. The molecule has 1 heterocycles. The largest absolute Gasteiger partial charge is 0.312 e. The first-order chi connectivity index (χ1) is 9.55. The van der Waals surface area contributed by atoms with Gasteiger partial charge in [0.15, 0.2) is 9.84 Å². The lowest BCUT2D eigenvalue weighted by Crippen LogP contribution is -2.44. The summed E-state index contributed by atoms with van der Waals surface area (Å²) in [6.07, 6.45) is 2.95. The molecule has 0 amide bonds. The normalized spacial score (nSPS) is 15.9. The van der Waals surface area contributed by atoms with Gasteiger partial charge in [-0.05, 0) is 19.9 Å². The summed E-state index contributed by atoms with van der Waals surface area (Å²) in [5, 5.41) is 6.03. The Morgan fingerprint density at radius 3 is 2.43 bits per heavy atom. The molecule has 1 rings (SSSR count). The molecule has 122 valence electrons. The standard InChI is InChI=1S/C15H28N2O2S2/c1-7-8-16-12(11(2)21(6,18)19)9-14-17-13(10-20-14)15(3,4)5/h10-12,16H,7-9H2,1-6H3. The van der Waals surface area contributed by atoms with Crippen molar-refractivity contribution < 1.29 is 8.42 Å². The molecule has 1 aromatic heterocycles. The fourth-order valence-electron chi connectivity index (χ4n) is 1.97. The van der Waals surface area contributed by atoms with Crippen molar-refractivity contribution in [2.45, 2.75) is 64.2 Å². The fourth-order valence-corrected chi connectivity index (χ4v) is 3.84. The van der Waals surface area contributed by atoms with Crippen molar-refractivity contribution in [2.24, 2.45) is 0 Å². The number of aromatic nitrogens is 1. The van der Waals surface area contributed by atoms with Crippen LogP contribution in [0, 0.1) is 0 Å². The number of rotatable bonds is 7. The lowest BCUT2D eigenvalue weighted by atomic mass is 9.93. The van der Waals surface area contributed by atoms with E-state index in [0.29, 0.717) is 6.42 Å². The predicted molar refractivity (Wildman–Crippen MR) is 90.9 cm³/mol. The maximum Gasteiger partial charge on any atom is 0.151 e. The zero-order valence-corrected chi connectivity index (χ0v) is 15.6. The van der Waals surface area contributed by atoms with Gasteiger partial charge in [-0.25, -0.2) is 13.4 Å². The predicted octanol–water partition coefficient (Wildman–Crippen LogP) is 2.78. The smallest absolute Gasteiger partial charge is 0.151 e. The second-order valence-corrected chi connectivity index (χ2v) is 10.0. The van der Waals surface area contributed by atoms with Crippen LogP contribution in [0.5, 0.6) is 0 Å². The molecule has 1 aromatic rings. The highest BCUT2D eigenvalue weighted by molar-refractivity contribution is 7.91. The molecule has 0 saturated heterocycles. The third-order valence-electron chi connectivity index (χ3n) is 3.61. The van der Waals surface area contributed by atoms with Crippen LogP contribution in [-0.2, 0) is 21.7 Å². The lowest BCUT2D eigenvalue weighted by Gasteiger charge is -2.23. The van der Waals surface area contributed by atoms with Crippen molar-refractivity contribution >= 4 is 21.2 Å². The second-order valence-electron chi connectivity index (χ2n) is 6.68. The first kappa shape index (κ1) is 18.6. The molecule has 0 aromatic carbocycles. The highest BCUT2D eigenvalue weighted by atomic mass is 32.2. The number of nitrogens with zero attached hydrogens (tertiary/aromatic N) is 1. The lowest BCUT2D eigenvalue weighted by molar-refractivity contribution is 0.479. The van der Waals surface area contributed by atoms with E-state index in [1.807, 2.05) is 0 Å². The van der Waals surface area contributed by atoms with E-state index in [1.54, 1.807) is 18.3 Å². The molecule has 0 fully saturated rings. The molecule has 6 heteroatoms. The Morgan fingerprint density at radius 2 is 2.00 bits per heavy atom. The van der Waals surface area contributed by atoms with Crippen LogP contribution in [0.15, 0.2) is 5.38 Å². The maximum atomic E-state index is 11.8. The Hall–Kier alpha value is -0.460. The Kier molecular flexibility index (Phi) is 6.37. The third-order valence-corrected chi connectivity index (χ3v) is 6.16. The highest BCUT2D eigenvalue weighted by Gasteiger charge is 2.27. The summed E-state index contributed by atoms with van der Waals surface area (Å²) in [5.41, 5.74) is 1.10. The van der Waals surface area contributed by atoms with Gasteiger partial charge in [0, 0.05) is 29.5 Å². The van der Waals surface area contributed by atoms with Gasteiger partial charge >= 0.3 is 0 Å². The summed E-state index contributed by atoms with van der Waals surface area (Å²) >= 11 is 1.62. The molecule has 1 N–H and O–H groups in total. The van der Waals surface area contributed by atoms with Crippen LogP contribution in [0.1, 0.15) is 51.7 Å². The molecule has 0 spiro atoms. The highest BCUT2D eigenvalue weighted by Crippen LogP contribution is 2.25. The van der Waals surface area contributed by atoms with Gasteiger partial charge in [0.05, 0.1) is 16.0 Å². The van der Waals surface area contributed by atoms with Crippen LogP contribution in [0.25, 0.3) is 0 Å². The first-order valence-electron chi connectivity index (χ1n) is 7.42. The van der Waals surface area contributed by atoms with Crippen LogP contribution < -0.4 is 5.32 Å². The molecule has 0 saturated carbocycles. The molecule has 0 bridgehead atoms. The minimum Gasteiger partial charge on any atom is -0.312 e. The summed E-state index contributed by atoms with van der Waals surface area (Å²) in [4.78, 5) is 4.68. The van der Waals surface area contributed by atoms with Gasteiger partial charge < -0.3 is 5.32 Å². The summed E-state index contributed by atoms with van der Waals surface area (Å²) in [7, 11) is -3.06. The summed E-state index contributed by atoms with van der Waals surface area (Å²) < 4.78 is 23.7. The molecule has 0 radical (unpaired) electrons. The van der Waals surface area contributed by atoms with Gasteiger partial charge in [0.2, 0.25) is 0 Å².